The first-order chi connectivity index (χ1) is 16.0. The van der Waals surface area contributed by atoms with E-state index < -0.39 is 5.97 Å². The molecule has 2 aliphatic rings. The monoisotopic (exact) mass is 436 g/mol. The van der Waals surface area contributed by atoms with E-state index >= 15 is 0 Å². The first-order valence-corrected chi connectivity index (χ1v) is 11.2. The van der Waals surface area contributed by atoms with Crippen molar-refractivity contribution in [2.45, 2.75) is 25.2 Å². The summed E-state index contributed by atoms with van der Waals surface area (Å²) in [5.41, 5.74) is 8.36. The highest BCUT2D eigenvalue weighted by atomic mass is 16.4. The lowest BCUT2D eigenvalue weighted by Crippen LogP contribution is -2.11. The molecule has 164 valence electrons. The number of aromatic nitrogens is 3. The number of aryl methyl sites for hydroxylation is 1. The molecule has 0 bridgehead atoms. The molecule has 0 amide bonds. The van der Waals surface area contributed by atoms with Crippen molar-refractivity contribution >= 4 is 39.9 Å². The van der Waals surface area contributed by atoms with Crippen molar-refractivity contribution in [3.63, 3.8) is 0 Å². The standard InChI is InChI=1S/C27H24N4O2/c1-30(19-6-3-5-17(13-19)16-9-10-16)24-8-4-7-21-25(29-31(2)26(21)24)18-14-22-20(27(32)33)11-12-28-23(22)15-18/h3-8,11-13,15-16H,9-10,14H2,1-2H3,(H,32,33). The maximum absolute atomic E-state index is 11.7. The molecule has 1 saturated carbocycles. The Morgan fingerprint density at radius 1 is 1.15 bits per heavy atom. The number of fused-ring (bicyclic) bond motifs is 2. The number of carboxylic acids is 1. The molecule has 0 spiro atoms. The Balaban J connectivity index is 1.42. The highest BCUT2D eigenvalue weighted by Gasteiger charge is 2.26. The quantitative estimate of drug-likeness (QED) is 0.453. The van der Waals surface area contributed by atoms with E-state index in [-0.39, 0.29) is 0 Å². The molecular formula is C27H24N4O2. The number of nitrogens with zero attached hydrogens (tertiary/aromatic N) is 4. The number of allylic oxidation sites excluding steroid dienone is 1. The van der Waals surface area contributed by atoms with E-state index in [4.69, 9.17) is 5.10 Å². The van der Waals surface area contributed by atoms with Crippen molar-refractivity contribution in [2.24, 2.45) is 7.05 Å². The summed E-state index contributed by atoms with van der Waals surface area (Å²) in [7, 11) is 4.06. The van der Waals surface area contributed by atoms with Crippen LogP contribution in [0, 0.1) is 0 Å². The summed E-state index contributed by atoms with van der Waals surface area (Å²) in [6.45, 7) is 0. The highest BCUT2D eigenvalue weighted by molar-refractivity contribution is 6.04. The molecule has 6 rings (SSSR count). The third-order valence-corrected chi connectivity index (χ3v) is 6.81. The lowest BCUT2D eigenvalue weighted by molar-refractivity contribution is 0.0695. The average molecular weight is 437 g/mol. The number of carbonyl (C=O) groups is 1. The van der Waals surface area contributed by atoms with Crippen molar-refractivity contribution in [1.29, 1.82) is 0 Å². The fourth-order valence-corrected chi connectivity index (χ4v) is 4.95. The second-order valence-corrected chi connectivity index (χ2v) is 8.95. The highest BCUT2D eigenvalue weighted by Crippen LogP contribution is 2.42. The lowest BCUT2D eigenvalue weighted by atomic mass is 10.0. The van der Waals surface area contributed by atoms with E-state index in [9.17, 15) is 9.90 Å². The topological polar surface area (TPSA) is 71.2 Å². The van der Waals surface area contributed by atoms with Crippen LogP contribution in [0.25, 0.3) is 22.6 Å². The summed E-state index contributed by atoms with van der Waals surface area (Å²) in [5.74, 6) is -0.218. The SMILES string of the molecule is CN(c1cccc(C2CC2)c1)c1cccc2c(C3=Cc4nccc(C(=O)O)c4C3)nn(C)c12. The van der Waals surface area contributed by atoms with Gasteiger partial charge in [-0.15, -0.1) is 0 Å². The fraction of sp³-hybridized carbons (Fsp3) is 0.222. The van der Waals surface area contributed by atoms with Gasteiger partial charge < -0.3 is 10.0 Å². The van der Waals surface area contributed by atoms with Crippen LogP contribution in [0.1, 0.15) is 51.6 Å². The predicted octanol–water partition coefficient (Wildman–Crippen LogP) is 5.41. The van der Waals surface area contributed by atoms with Crippen molar-refractivity contribution in [3.8, 4) is 0 Å². The molecule has 6 heteroatoms. The van der Waals surface area contributed by atoms with E-state index in [2.05, 4.69) is 59.4 Å². The molecule has 0 atom stereocenters. The lowest BCUT2D eigenvalue weighted by Gasteiger charge is -2.21. The Bertz CT molecular complexity index is 1460. The van der Waals surface area contributed by atoms with Crippen LogP contribution in [0.2, 0.25) is 0 Å². The minimum absolute atomic E-state index is 0.308. The van der Waals surface area contributed by atoms with Crippen molar-refractivity contribution in [1.82, 2.24) is 14.8 Å². The maximum atomic E-state index is 11.7. The van der Waals surface area contributed by atoms with E-state index in [1.807, 2.05) is 17.8 Å². The van der Waals surface area contributed by atoms with Crippen LogP contribution in [0.4, 0.5) is 11.4 Å². The van der Waals surface area contributed by atoms with E-state index in [0.29, 0.717) is 23.6 Å². The number of rotatable bonds is 5. The minimum atomic E-state index is -0.925. The second-order valence-electron chi connectivity index (χ2n) is 8.95. The number of hydrogen-bond donors (Lipinski definition) is 1. The Hall–Kier alpha value is -3.93. The van der Waals surface area contributed by atoms with E-state index in [0.717, 1.165) is 39.1 Å². The van der Waals surface area contributed by atoms with Crippen LogP contribution in [0.5, 0.6) is 0 Å². The molecule has 2 aromatic carbocycles. The van der Waals surface area contributed by atoms with Gasteiger partial charge in [0.25, 0.3) is 0 Å². The number of anilines is 2. The molecule has 6 nitrogen and oxygen atoms in total. The van der Waals surface area contributed by atoms with Crippen LogP contribution in [-0.4, -0.2) is 32.9 Å². The summed E-state index contributed by atoms with van der Waals surface area (Å²) in [5, 5.41) is 15.5. The van der Waals surface area contributed by atoms with Gasteiger partial charge in [-0.25, -0.2) is 4.79 Å². The number of aromatic carboxylic acids is 1. The summed E-state index contributed by atoms with van der Waals surface area (Å²) in [6, 6.07) is 16.7. The van der Waals surface area contributed by atoms with Crippen LogP contribution in [-0.2, 0) is 13.5 Å². The Morgan fingerprint density at radius 2 is 1.97 bits per heavy atom. The molecule has 2 aliphatic carbocycles. The molecule has 0 saturated heterocycles. The van der Waals surface area contributed by atoms with Crippen molar-refractivity contribution in [3.05, 3.63) is 82.8 Å². The largest absolute Gasteiger partial charge is 0.478 e. The van der Waals surface area contributed by atoms with Crippen LogP contribution in [0.3, 0.4) is 0 Å². The Morgan fingerprint density at radius 3 is 2.76 bits per heavy atom. The van der Waals surface area contributed by atoms with Crippen LogP contribution in [0.15, 0.2) is 54.7 Å². The fourth-order valence-electron chi connectivity index (χ4n) is 4.95. The summed E-state index contributed by atoms with van der Waals surface area (Å²) in [6.07, 6.45) is 6.61. The minimum Gasteiger partial charge on any atom is -0.478 e. The van der Waals surface area contributed by atoms with Crippen molar-refractivity contribution in [2.75, 3.05) is 11.9 Å². The van der Waals surface area contributed by atoms with Gasteiger partial charge in [-0.3, -0.25) is 9.67 Å². The number of benzene rings is 2. The molecule has 4 aromatic rings. The number of carboxylic acid groups (broad SMARTS) is 1. The van der Waals surface area contributed by atoms with Gasteiger partial charge in [0.2, 0.25) is 0 Å². The molecule has 2 heterocycles. The zero-order valence-electron chi connectivity index (χ0n) is 18.6. The van der Waals surface area contributed by atoms with Gasteiger partial charge in [-0.1, -0.05) is 24.3 Å². The second kappa shape index (κ2) is 7.30. The number of pyridine rings is 1. The van der Waals surface area contributed by atoms with Gasteiger partial charge in [0.1, 0.15) is 0 Å². The van der Waals surface area contributed by atoms with Gasteiger partial charge in [0, 0.05) is 37.8 Å². The summed E-state index contributed by atoms with van der Waals surface area (Å²) >= 11 is 0. The predicted molar refractivity (Wildman–Crippen MR) is 130 cm³/mol. The summed E-state index contributed by atoms with van der Waals surface area (Å²) in [4.78, 5) is 18.3. The summed E-state index contributed by atoms with van der Waals surface area (Å²) < 4.78 is 1.93. The molecule has 2 aromatic heterocycles. The van der Waals surface area contributed by atoms with Gasteiger partial charge >= 0.3 is 5.97 Å². The molecule has 0 unspecified atom stereocenters. The van der Waals surface area contributed by atoms with Crippen LogP contribution < -0.4 is 4.90 Å². The Kier molecular flexibility index (Phi) is 4.37. The van der Waals surface area contributed by atoms with Gasteiger partial charge in [-0.05, 0) is 65.8 Å². The third-order valence-electron chi connectivity index (χ3n) is 6.81. The molecular weight excluding hydrogens is 412 g/mol. The molecule has 1 N–H and O–H groups in total. The molecule has 0 aliphatic heterocycles. The first-order valence-electron chi connectivity index (χ1n) is 11.2. The number of hydrogen-bond acceptors (Lipinski definition) is 4. The zero-order valence-corrected chi connectivity index (χ0v) is 18.6. The van der Waals surface area contributed by atoms with Gasteiger partial charge in [-0.2, -0.15) is 5.10 Å². The van der Waals surface area contributed by atoms with E-state index in [1.54, 1.807) is 12.3 Å². The van der Waals surface area contributed by atoms with E-state index in [1.165, 1.54) is 18.4 Å². The number of para-hydroxylation sites is 1. The molecule has 33 heavy (non-hydrogen) atoms. The first kappa shape index (κ1) is 19.7. The van der Waals surface area contributed by atoms with Gasteiger partial charge in [0.15, 0.2) is 0 Å². The maximum Gasteiger partial charge on any atom is 0.336 e. The van der Waals surface area contributed by atoms with Crippen molar-refractivity contribution < 1.29 is 9.90 Å². The molecule has 0 radical (unpaired) electrons. The zero-order chi connectivity index (χ0) is 22.7. The average Bonchev–Trinajstić information content (AvgIpc) is 3.50. The van der Waals surface area contributed by atoms with Gasteiger partial charge in [0.05, 0.1) is 28.2 Å². The third kappa shape index (κ3) is 3.21. The Labute approximate surface area is 191 Å². The van der Waals surface area contributed by atoms with Crippen LogP contribution >= 0.6 is 0 Å². The molecule has 1 fully saturated rings. The smallest absolute Gasteiger partial charge is 0.336 e. The normalized spacial score (nSPS) is 14.9.